The number of hydroxylamine groups is 1. The Balaban J connectivity index is 1.72. The normalized spacial score (nSPS) is 22.0. The van der Waals surface area contributed by atoms with E-state index in [9.17, 15) is 14.9 Å². The van der Waals surface area contributed by atoms with Crippen LogP contribution in [0, 0.1) is 10.1 Å². The molecule has 1 aliphatic heterocycles. The number of hydrogen-bond donors (Lipinski definition) is 0. The number of carbonyl (C=O) groups is 1. The SMILES string of the molecule is COC(=O)C1([N+](=O)[O-])CC(c2ccc3ccccc3c2)ON(c2ccccc2)C1c1ccccc1. The predicted octanol–water partition coefficient (Wildman–Crippen LogP) is 5.65. The van der Waals surface area contributed by atoms with Crippen LogP contribution in [-0.4, -0.2) is 23.5 Å². The van der Waals surface area contributed by atoms with Crippen molar-refractivity contribution in [2.24, 2.45) is 0 Å². The van der Waals surface area contributed by atoms with E-state index in [0.29, 0.717) is 11.3 Å². The molecule has 5 rings (SSSR count). The highest BCUT2D eigenvalue weighted by atomic mass is 16.7. The van der Waals surface area contributed by atoms with Gasteiger partial charge in [-0.1, -0.05) is 84.9 Å². The molecule has 0 spiro atoms. The van der Waals surface area contributed by atoms with Crippen molar-refractivity contribution in [2.45, 2.75) is 24.1 Å². The second-order valence-electron chi connectivity index (χ2n) is 8.55. The lowest BCUT2D eigenvalue weighted by Gasteiger charge is -2.46. The minimum absolute atomic E-state index is 0.187. The average molecular weight is 469 g/mol. The summed E-state index contributed by atoms with van der Waals surface area (Å²) in [7, 11) is 1.18. The van der Waals surface area contributed by atoms with Crippen molar-refractivity contribution in [1.82, 2.24) is 0 Å². The number of nitrogens with zero attached hydrogens (tertiary/aromatic N) is 2. The number of para-hydroxylation sites is 1. The monoisotopic (exact) mass is 468 g/mol. The maximum absolute atomic E-state index is 13.3. The van der Waals surface area contributed by atoms with Crippen molar-refractivity contribution in [3.8, 4) is 0 Å². The molecule has 0 amide bonds. The molecule has 0 bridgehead atoms. The van der Waals surface area contributed by atoms with Crippen molar-refractivity contribution in [3.05, 3.63) is 124 Å². The number of ether oxygens (including phenoxy) is 1. The fourth-order valence-corrected chi connectivity index (χ4v) is 4.86. The highest BCUT2D eigenvalue weighted by Crippen LogP contribution is 2.49. The Labute approximate surface area is 202 Å². The summed E-state index contributed by atoms with van der Waals surface area (Å²) in [6.07, 6.45) is -0.947. The summed E-state index contributed by atoms with van der Waals surface area (Å²) in [4.78, 5) is 32.2. The van der Waals surface area contributed by atoms with Gasteiger partial charge in [-0.3, -0.25) is 15.0 Å². The van der Waals surface area contributed by atoms with Gasteiger partial charge >= 0.3 is 11.5 Å². The van der Waals surface area contributed by atoms with Gasteiger partial charge in [0.05, 0.1) is 19.2 Å². The minimum Gasteiger partial charge on any atom is -0.464 e. The number of rotatable bonds is 5. The second-order valence-corrected chi connectivity index (χ2v) is 8.55. The molecule has 4 aromatic rings. The van der Waals surface area contributed by atoms with Crippen LogP contribution in [0.5, 0.6) is 0 Å². The van der Waals surface area contributed by atoms with Gasteiger partial charge in [0.15, 0.2) is 6.04 Å². The molecule has 4 aromatic carbocycles. The molecule has 0 N–H and O–H groups in total. The van der Waals surface area contributed by atoms with Gasteiger partial charge in [-0.2, -0.15) is 0 Å². The molecule has 35 heavy (non-hydrogen) atoms. The molecule has 1 heterocycles. The summed E-state index contributed by atoms with van der Waals surface area (Å²) >= 11 is 0. The zero-order valence-electron chi connectivity index (χ0n) is 19.1. The predicted molar refractivity (Wildman–Crippen MR) is 132 cm³/mol. The van der Waals surface area contributed by atoms with Gasteiger partial charge in [-0.15, -0.1) is 0 Å². The van der Waals surface area contributed by atoms with Crippen LogP contribution in [-0.2, 0) is 14.4 Å². The van der Waals surface area contributed by atoms with Gasteiger partial charge in [0.1, 0.15) is 6.10 Å². The third-order valence-electron chi connectivity index (χ3n) is 6.56. The van der Waals surface area contributed by atoms with Crippen LogP contribution >= 0.6 is 0 Å². The zero-order valence-corrected chi connectivity index (χ0v) is 19.1. The first-order valence-electron chi connectivity index (χ1n) is 11.3. The van der Waals surface area contributed by atoms with E-state index in [1.165, 1.54) is 12.2 Å². The Morgan fingerprint density at radius 1 is 0.914 bits per heavy atom. The third kappa shape index (κ3) is 3.90. The molecule has 0 saturated carbocycles. The number of hydrogen-bond acceptors (Lipinski definition) is 6. The van der Waals surface area contributed by atoms with Gasteiger partial charge in [-0.25, -0.2) is 9.86 Å². The van der Waals surface area contributed by atoms with Crippen LogP contribution in [0.2, 0.25) is 0 Å². The highest BCUT2D eigenvalue weighted by Gasteiger charge is 2.66. The van der Waals surface area contributed by atoms with E-state index < -0.39 is 28.6 Å². The summed E-state index contributed by atoms with van der Waals surface area (Å²) in [5.74, 6) is -0.911. The maximum Gasteiger partial charge on any atom is 0.387 e. The van der Waals surface area contributed by atoms with E-state index >= 15 is 0 Å². The quantitative estimate of drug-likeness (QED) is 0.214. The number of anilines is 1. The van der Waals surface area contributed by atoms with E-state index in [1.54, 1.807) is 36.4 Å². The summed E-state index contributed by atoms with van der Waals surface area (Å²) in [5, 5.41) is 16.4. The van der Waals surface area contributed by atoms with E-state index in [-0.39, 0.29) is 6.42 Å². The molecule has 3 unspecified atom stereocenters. The topological polar surface area (TPSA) is 81.9 Å². The molecule has 176 valence electrons. The fourth-order valence-electron chi connectivity index (χ4n) is 4.86. The van der Waals surface area contributed by atoms with E-state index in [0.717, 1.165) is 16.3 Å². The zero-order chi connectivity index (χ0) is 24.4. The number of methoxy groups -OCH3 is 1. The lowest BCUT2D eigenvalue weighted by atomic mass is 9.78. The highest BCUT2D eigenvalue weighted by molar-refractivity contribution is 5.84. The standard InChI is InChI=1S/C28H24N2O5/c1-34-27(31)28(30(32)33)19-25(23-17-16-20-10-8-9-13-22(20)18-23)35-29(24-14-6-3-7-15-24)26(28)21-11-4-2-5-12-21/h2-18,25-26H,19H2,1H3. The number of nitro groups is 1. The molecule has 1 saturated heterocycles. The summed E-state index contributed by atoms with van der Waals surface area (Å²) in [5.41, 5.74) is -0.191. The van der Waals surface area contributed by atoms with Gasteiger partial charge in [0.25, 0.3) is 0 Å². The number of esters is 1. The molecule has 3 atom stereocenters. The fraction of sp³-hybridized carbons (Fsp3) is 0.179. The maximum atomic E-state index is 13.3. The molecule has 0 radical (unpaired) electrons. The summed E-state index contributed by atoms with van der Waals surface area (Å²) < 4.78 is 5.08. The molecule has 0 aromatic heterocycles. The van der Waals surface area contributed by atoms with Gasteiger partial charge < -0.3 is 4.74 Å². The first-order valence-corrected chi connectivity index (χ1v) is 11.3. The largest absolute Gasteiger partial charge is 0.464 e. The lowest BCUT2D eigenvalue weighted by Crippen LogP contribution is -2.61. The Morgan fingerprint density at radius 3 is 2.20 bits per heavy atom. The lowest BCUT2D eigenvalue weighted by molar-refractivity contribution is -0.570. The molecular weight excluding hydrogens is 444 g/mol. The average Bonchev–Trinajstić information content (AvgIpc) is 2.92. The Bertz CT molecular complexity index is 1360. The first-order chi connectivity index (χ1) is 17.0. The summed E-state index contributed by atoms with van der Waals surface area (Å²) in [6.45, 7) is 0. The molecular formula is C28H24N2O5. The smallest absolute Gasteiger partial charge is 0.387 e. The number of benzene rings is 4. The molecule has 7 nitrogen and oxygen atoms in total. The van der Waals surface area contributed by atoms with Gasteiger partial charge in [-0.05, 0) is 40.1 Å². The van der Waals surface area contributed by atoms with E-state index in [2.05, 4.69) is 0 Å². The van der Waals surface area contributed by atoms with Crippen LogP contribution in [0.4, 0.5) is 5.69 Å². The Kier molecular flexibility index (Phi) is 5.93. The number of carbonyl (C=O) groups excluding carboxylic acids is 1. The first kappa shape index (κ1) is 22.6. The van der Waals surface area contributed by atoms with Crippen molar-refractivity contribution in [3.63, 3.8) is 0 Å². The third-order valence-corrected chi connectivity index (χ3v) is 6.56. The molecule has 0 aliphatic carbocycles. The van der Waals surface area contributed by atoms with Gasteiger partial charge in [0.2, 0.25) is 0 Å². The van der Waals surface area contributed by atoms with Crippen LogP contribution in [0.25, 0.3) is 10.8 Å². The van der Waals surface area contributed by atoms with Crippen LogP contribution in [0.15, 0.2) is 103 Å². The van der Waals surface area contributed by atoms with E-state index in [1.807, 2.05) is 66.7 Å². The van der Waals surface area contributed by atoms with Crippen LogP contribution in [0.3, 0.4) is 0 Å². The van der Waals surface area contributed by atoms with Crippen molar-refractivity contribution < 1.29 is 19.3 Å². The minimum atomic E-state index is -2.11. The molecule has 7 heteroatoms. The molecule has 1 fully saturated rings. The van der Waals surface area contributed by atoms with E-state index in [4.69, 9.17) is 9.57 Å². The van der Waals surface area contributed by atoms with Crippen molar-refractivity contribution in [1.29, 1.82) is 0 Å². The Morgan fingerprint density at radius 2 is 1.54 bits per heavy atom. The van der Waals surface area contributed by atoms with Crippen molar-refractivity contribution >= 4 is 22.4 Å². The van der Waals surface area contributed by atoms with Crippen LogP contribution < -0.4 is 5.06 Å². The Hall–Kier alpha value is -4.23. The number of fused-ring (bicyclic) bond motifs is 1. The van der Waals surface area contributed by atoms with Crippen LogP contribution in [0.1, 0.15) is 29.7 Å². The summed E-state index contributed by atoms with van der Waals surface area (Å²) in [6, 6.07) is 30.7. The van der Waals surface area contributed by atoms with Gasteiger partial charge in [0, 0.05) is 4.92 Å². The second kappa shape index (κ2) is 9.19. The molecule has 1 aliphatic rings. The van der Waals surface area contributed by atoms with Crippen molar-refractivity contribution in [2.75, 3.05) is 12.2 Å².